The Hall–Kier alpha value is -3.22. The van der Waals surface area contributed by atoms with E-state index in [0.717, 1.165) is 6.42 Å². The van der Waals surface area contributed by atoms with Crippen LogP contribution in [0.15, 0.2) is 0 Å². The zero-order valence-electron chi connectivity index (χ0n) is 15.8. The standard InChI is InChI=1S/C16H25N5O8/c1-7(13(25)21-10(16(28)29)5-11(17)22)19-15(27)9(6-12(23)24)20-14(26)8-3-2-4-18-8/h7-10,18H,2-6H2,1H3,(H2,17,22)(H,19,27)(H,20,26)(H,21,25)(H,23,24)(H,28,29). The molecule has 0 aromatic carbocycles. The fourth-order valence-corrected chi connectivity index (χ4v) is 2.64. The van der Waals surface area contributed by atoms with Crippen LogP contribution in [-0.4, -0.2) is 76.5 Å². The molecule has 0 aliphatic carbocycles. The number of amides is 4. The first kappa shape index (κ1) is 23.8. The predicted molar refractivity (Wildman–Crippen MR) is 96.2 cm³/mol. The van der Waals surface area contributed by atoms with E-state index in [1.807, 2.05) is 0 Å². The van der Waals surface area contributed by atoms with Gasteiger partial charge >= 0.3 is 11.9 Å². The van der Waals surface area contributed by atoms with Gasteiger partial charge in [0.2, 0.25) is 23.6 Å². The quantitative estimate of drug-likeness (QED) is 0.179. The van der Waals surface area contributed by atoms with Crippen LogP contribution in [0.3, 0.4) is 0 Å². The van der Waals surface area contributed by atoms with Gasteiger partial charge < -0.3 is 37.2 Å². The summed E-state index contributed by atoms with van der Waals surface area (Å²) >= 11 is 0. The lowest BCUT2D eigenvalue weighted by molar-refractivity contribution is -0.144. The molecule has 0 radical (unpaired) electrons. The summed E-state index contributed by atoms with van der Waals surface area (Å²) in [6.45, 7) is 1.86. The summed E-state index contributed by atoms with van der Waals surface area (Å²) in [5.41, 5.74) is 4.92. The number of hydrogen-bond acceptors (Lipinski definition) is 7. The predicted octanol–water partition coefficient (Wildman–Crippen LogP) is -3.35. The van der Waals surface area contributed by atoms with Gasteiger partial charge in [-0.05, 0) is 26.3 Å². The van der Waals surface area contributed by atoms with Crippen LogP contribution in [-0.2, 0) is 28.8 Å². The second-order valence-electron chi connectivity index (χ2n) is 6.61. The molecule has 1 aliphatic heterocycles. The van der Waals surface area contributed by atoms with Crippen molar-refractivity contribution in [2.24, 2.45) is 5.73 Å². The Bertz CT molecular complexity index is 676. The third-order valence-corrected chi connectivity index (χ3v) is 4.16. The number of rotatable bonds is 11. The van der Waals surface area contributed by atoms with E-state index in [2.05, 4.69) is 21.3 Å². The molecule has 13 heteroatoms. The zero-order chi connectivity index (χ0) is 22.1. The SMILES string of the molecule is CC(NC(=O)C(CC(=O)O)NC(=O)C1CCCN1)C(=O)NC(CC(N)=O)C(=O)O. The van der Waals surface area contributed by atoms with E-state index in [1.165, 1.54) is 6.92 Å². The van der Waals surface area contributed by atoms with Crippen LogP contribution in [0.4, 0.5) is 0 Å². The number of carboxylic acids is 2. The minimum atomic E-state index is -1.58. The van der Waals surface area contributed by atoms with Crippen molar-refractivity contribution < 1.29 is 39.0 Å². The fraction of sp³-hybridized carbons (Fsp3) is 0.625. The molecule has 8 N–H and O–H groups in total. The van der Waals surface area contributed by atoms with Crippen molar-refractivity contribution in [2.75, 3.05) is 6.54 Å². The third kappa shape index (κ3) is 8.13. The monoisotopic (exact) mass is 415 g/mol. The molecule has 4 atom stereocenters. The van der Waals surface area contributed by atoms with Gasteiger partial charge in [0, 0.05) is 0 Å². The van der Waals surface area contributed by atoms with Crippen molar-refractivity contribution in [2.45, 2.75) is 56.8 Å². The number of nitrogens with two attached hydrogens (primary N) is 1. The van der Waals surface area contributed by atoms with Crippen molar-refractivity contribution in [3.8, 4) is 0 Å². The summed E-state index contributed by atoms with van der Waals surface area (Å²) in [5.74, 6) is -6.16. The molecule has 1 heterocycles. The van der Waals surface area contributed by atoms with Crippen molar-refractivity contribution in [3.63, 3.8) is 0 Å². The molecule has 1 fully saturated rings. The maximum atomic E-state index is 12.4. The van der Waals surface area contributed by atoms with Crippen molar-refractivity contribution in [1.82, 2.24) is 21.3 Å². The summed E-state index contributed by atoms with van der Waals surface area (Å²) in [6, 6.07) is -4.82. The van der Waals surface area contributed by atoms with Gasteiger partial charge in [-0.1, -0.05) is 0 Å². The topological polar surface area (TPSA) is 217 Å². The maximum absolute atomic E-state index is 12.4. The van der Waals surface area contributed by atoms with E-state index >= 15 is 0 Å². The number of aliphatic carboxylic acids is 2. The molecule has 1 saturated heterocycles. The largest absolute Gasteiger partial charge is 0.481 e. The molecule has 0 aromatic heterocycles. The Morgan fingerprint density at radius 2 is 1.66 bits per heavy atom. The number of hydrogen-bond donors (Lipinski definition) is 7. The fourth-order valence-electron chi connectivity index (χ4n) is 2.64. The second-order valence-corrected chi connectivity index (χ2v) is 6.61. The normalized spacial score (nSPS) is 18.7. The Morgan fingerprint density at radius 3 is 2.14 bits per heavy atom. The average Bonchev–Trinajstić information content (AvgIpc) is 3.14. The number of nitrogens with one attached hydrogen (secondary N) is 4. The summed E-state index contributed by atoms with van der Waals surface area (Å²) in [4.78, 5) is 69.6. The third-order valence-electron chi connectivity index (χ3n) is 4.16. The first-order valence-corrected chi connectivity index (χ1v) is 8.88. The Labute approximate surface area is 165 Å². The first-order chi connectivity index (χ1) is 13.5. The van der Waals surface area contributed by atoms with E-state index in [0.29, 0.717) is 13.0 Å². The van der Waals surface area contributed by atoms with Crippen molar-refractivity contribution in [3.05, 3.63) is 0 Å². The van der Waals surface area contributed by atoms with Crippen LogP contribution in [0, 0.1) is 0 Å². The smallest absolute Gasteiger partial charge is 0.326 e. The minimum absolute atomic E-state index is 0.534. The lowest BCUT2D eigenvalue weighted by Gasteiger charge is -2.22. The molecular weight excluding hydrogens is 390 g/mol. The van der Waals surface area contributed by atoms with Gasteiger partial charge in [-0.25, -0.2) is 4.79 Å². The molecule has 1 rings (SSSR count). The molecule has 162 valence electrons. The van der Waals surface area contributed by atoms with Gasteiger partial charge in [0.05, 0.1) is 18.9 Å². The van der Waals surface area contributed by atoms with Gasteiger partial charge in [0.25, 0.3) is 0 Å². The van der Waals surface area contributed by atoms with Gasteiger partial charge in [-0.15, -0.1) is 0 Å². The van der Waals surface area contributed by atoms with Crippen molar-refractivity contribution >= 4 is 35.6 Å². The molecule has 0 aromatic rings. The van der Waals surface area contributed by atoms with Crippen LogP contribution in [0.1, 0.15) is 32.6 Å². The van der Waals surface area contributed by atoms with E-state index < -0.39 is 72.6 Å². The number of carbonyl (C=O) groups excluding carboxylic acids is 4. The van der Waals surface area contributed by atoms with Crippen LogP contribution >= 0.6 is 0 Å². The highest BCUT2D eigenvalue weighted by Gasteiger charge is 2.31. The molecule has 13 nitrogen and oxygen atoms in total. The minimum Gasteiger partial charge on any atom is -0.481 e. The average molecular weight is 415 g/mol. The van der Waals surface area contributed by atoms with Gasteiger partial charge in [0.15, 0.2) is 0 Å². The highest BCUT2D eigenvalue weighted by molar-refractivity contribution is 5.96. The zero-order valence-corrected chi connectivity index (χ0v) is 15.8. The molecule has 0 spiro atoms. The van der Waals surface area contributed by atoms with Gasteiger partial charge in [0.1, 0.15) is 18.1 Å². The molecule has 0 saturated carbocycles. The molecule has 4 amide bonds. The molecular formula is C16H25N5O8. The van der Waals surface area contributed by atoms with E-state index in [9.17, 15) is 28.8 Å². The highest BCUT2D eigenvalue weighted by Crippen LogP contribution is 2.06. The van der Waals surface area contributed by atoms with Crippen LogP contribution in [0.25, 0.3) is 0 Å². The Morgan fingerprint density at radius 1 is 1.00 bits per heavy atom. The summed E-state index contributed by atoms with van der Waals surface area (Å²) in [7, 11) is 0. The molecule has 4 unspecified atom stereocenters. The number of carboxylic acid groups (broad SMARTS) is 2. The maximum Gasteiger partial charge on any atom is 0.326 e. The van der Waals surface area contributed by atoms with Crippen LogP contribution in [0.5, 0.6) is 0 Å². The van der Waals surface area contributed by atoms with E-state index in [4.69, 9.17) is 15.9 Å². The van der Waals surface area contributed by atoms with Gasteiger partial charge in [-0.3, -0.25) is 24.0 Å². The van der Waals surface area contributed by atoms with Crippen molar-refractivity contribution in [1.29, 1.82) is 0 Å². The summed E-state index contributed by atoms with van der Waals surface area (Å²) in [5, 5.41) is 27.5. The summed E-state index contributed by atoms with van der Waals surface area (Å²) < 4.78 is 0. The van der Waals surface area contributed by atoms with Crippen LogP contribution < -0.4 is 27.0 Å². The lowest BCUT2D eigenvalue weighted by atomic mass is 10.1. The molecule has 0 bridgehead atoms. The van der Waals surface area contributed by atoms with Crippen LogP contribution in [0.2, 0.25) is 0 Å². The van der Waals surface area contributed by atoms with E-state index in [-0.39, 0.29) is 0 Å². The summed E-state index contributed by atoms with van der Waals surface area (Å²) in [6.07, 6.45) is -0.0461. The Kier molecular flexibility index (Phi) is 8.99. The number of primary amides is 1. The molecule has 1 aliphatic rings. The lowest BCUT2D eigenvalue weighted by Crippen LogP contribution is -2.56. The molecule has 29 heavy (non-hydrogen) atoms. The Balaban J connectivity index is 2.71. The second kappa shape index (κ2) is 10.9. The number of carbonyl (C=O) groups is 6. The highest BCUT2D eigenvalue weighted by atomic mass is 16.4. The van der Waals surface area contributed by atoms with E-state index in [1.54, 1.807) is 0 Å². The van der Waals surface area contributed by atoms with Gasteiger partial charge in [-0.2, -0.15) is 0 Å². The first-order valence-electron chi connectivity index (χ1n) is 8.88.